The van der Waals surface area contributed by atoms with Crippen molar-refractivity contribution in [2.45, 2.75) is 6.54 Å². The van der Waals surface area contributed by atoms with E-state index < -0.39 is 16.6 Å². The Labute approximate surface area is 106 Å². The average Bonchev–Trinajstić information content (AvgIpc) is 2.80. The number of carbonyl (C=O) groups is 1. The first-order valence-corrected chi connectivity index (χ1v) is 5.27. The minimum absolute atomic E-state index is 0.0501. The SMILES string of the molecule is O=C(Cn1cc([N+](=O)[O-])cn1)Nc1ccccc1F. The lowest BCUT2D eigenvalue weighted by Gasteiger charge is -2.05. The first-order chi connectivity index (χ1) is 9.06. The molecule has 0 unspecified atom stereocenters. The zero-order valence-electron chi connectivity index (χ0n) is 9.62. The molecule has 1 amide bonds. The highest BCUT2D eigenvalue weighted by Gasteiger charge is 2.12. The van der Waals surface area contributed by atoms with Crippen LogP contribution in [-0.4, -0.2) is 20.6 Å². The summed E-state index contributed by atoms with van der Waals surface area (Å²) < 4.78 is 14.4. The van der Waals surface area contributed by atoms with Gasteiger partial charge in [-0.25, -0.2) is 4.39 Å². The third-order valence-corrected chi connectivity index (χ3v) is 2.28. The van der Waals surface area contributed by atoms with Gasteiger partial charge in [0.2, 0.25) is 5.91 Å². The third kappa shape index (κ3) is 3.12. The Hall–Kier alpha value is -2.77. The van der Waals surface area contributed by atoms with Crippen molar-refractivity contribution in [1.82, 2.24) is 9.78 Å². The number of nitrogens with zero attached hydrogens (tertiary/aromatic N) is 3. The summed E-state index contributed by atoms with van der Waals surface area (Å²) in [7, 11) is 0. The monoisotopic (exact) mass is 264 g/mol. The highest BCUT2D eigenvalue weighted by Crippen LogP contribution is 2.12. The molecule has 1 aromatic heterocycles. The Kier molecular flexibility index (Phi) is 3.51. The molecule has 0 atom stereocenters. The number of hydrogen-bond donors (Lipinski definition) is 1. The fourth-order valence-electron chi connectivity index (χ4n) is 1.43. The number of aromatic nitrogens is 2. The predicted octanol–water partition coefficient (Wildman–Crippen LogP) is 1.57. The van der Waals surface area contributed by atoms with Crippen molar-refractivity contribution in [2.75, 3.05) is 5.32 Å². The molecule has 7 nitrogen and oxygen atoms in total. The largest absolute Gasteiger partial charge is 0.322 e. The Morgan fingerprint density at radius 2 is 2.21 bits per heavy atom. The highest BCUT2D eigenvalue weighted by molar-refractivity contribution is 5.90. The van der Waals surface area contributed by atoms with Crippen LogP contribution >= 0.6 is 0 Å². The first-order valence-electron chi connectivity index (χ1n) is 5.27. The van der Waals surface area contributed by atoms with Crippen molar-refractivity contribution in [3.8, 4) is 0 Å². The van der Waals surface area contributed by atoms with Crippen LogP contribution in [0.1, 0.15) is 0 Å². The van der Waals surface area contributed by atoms with Crippen molar-refractivity contribution >= 4 is 17.3 Å². The average molecular weight is 264 g/mol. The molecular weight excluding hydrogens is 255 g/mol. The minimum Gasteiger partial charge on any atom is -0.322 e. The second-order valence-corrected chi connectivity index (χ2v) is 3.68. The molecule has 8 heteroatoms. The van der Waals surface area contributed by atoms with Gasteiger partial charge in [0.25, 0.3) is 0 Å². The summed E-state index contributed by atoms with van der Waals surface area (Å²) >= 11 is 0. The van der Waals surface area contributed by atoms with Crippen molar-refractivity contribution in [3.63, 3.8) is 0 Å². The van der Waals surface area contributed by atoms with Crippen molar-refractivity contribution in [1.29, 1.82) is 0 Å². The van der Waals surface area contributed by atoms with E-state index >= 15 is 0 Å². The Morgan fingerprint density at radius 1 is 1.47 bits per heavy atom. The van der Waals surface area contributed by atoms with Gasteiger partial charge in [-0.2, -0.15) is 5.10 Å². The maximum Gasteiger partial charge on any atom is 0.307 e. The molecule has 0 aliphatic rings. The van der Waals surface area contributed by atoms with Crippen molar-refractivity contribution in [3.05, 3.63) is 52.6 Å². The summed E-state index contributed by atoms with van der Waals surface area (Å²) in [5, 5.41) is 16.5. The van der Waals surface area contributed by atoms with Crippen LogP contribution in [0, 0.1) is 15.9 Å². The first kappa shape index (κ1) is 12.7. The maximum atomic E-state index is 13.3. The van der Waals surface area contributed by atoms with E-state index in [9.17, 15) is 19.3 Å². The Morgan fingerprint density at radius 3 is 2.84 bits per heavy atom. The molecule has 1 heterocycles. The molecule has 0 saturated heterocycles. The van der Waals surface area contributed by atoms with Crippen LogP contribution in [0.4, 0.5) is 15.8 Å². The number of carbonyl (C=O) groups excluding carboxylic acids is 1. The number of para-hydroxylation sites is 1. The van der Waals surface area contributed by atoms with Crippen molar-refractivity contribution in [2.24, 2.45) is 0 Å². The molecule has 1 aromatic carbocycles. The van der Waals surface area contributed by atoms with Crippen molar-refractivity contribution < 1.29 is 14.1 Å². The summed E-state index contributed by atoms with van der Waals surface area (Å²) in [5.74, 6) is -1.08. The van der Waals surface area contributed by atoms with Gasteiger partial charge in [0.05, 0.1) is 10.6 Å². The number of anilines is 1. The number of halogens is 1. The summed E-state index contributed by atoms with van der Waals surface area (Å²) in [6.45, 7) is -0.234. The van der Waals surface area contributed by atoms with E-state index in [1.807, 2.05) is 0 Å². The lowest BCUT2D eigenvalue weighted by Crippen LogP contribution is -2.19. The number of nitro groups is 1. The number of rotatable bonds is 4. The summed E-state index contributed by atoms with van der Waals surface area (Å²) in [4.78, 5) is 21.4. The minimum atomic E-state index is -0.613. The van der Waals surface area contributed by atoms with E-state index in [2.05, 4.69) is 10.4 Å². The van der Waals surface area contributed by atoms with Gasteiger partial charge >= 0.3 is 5.69 Å². The molecule has 0 bridgehead atoms. The topological polar surface area (TPSA) is 90.1 Å². The lowest BCUT2D eigenvalue weighted by atomic mass is 10.3. The van der Waals surface area contributed by atoms with Gasteiger partial charge in [-0.1, -0.05) is 12.1 Å². The standard InChI is InChI=1S/C11H9FN4O3/c12-9-3-1-2-4-10(9)14-11(17)7-15-6-8(5-13-15)16(18)19/h1-6H,7H2,(H,14,17). The highest BCUT2D eigenvalue weighted by atomic mass is 19.1. The van der Waals surface area contributed by atoms with E-state index in [0.29, 0.717) is 0 Å². The second kappa shape index (κ2) is 5.25. The number of benzene rings is 1. The van der Waals surface area contributed by atoms with Crippen LogP contribution < -0.4 is 5.32 Å². The molecule has 0 aliphatic heterocycles. The molecule has 1 N–H and O–H groups in total. The molecule has 0 saturated carbocycles. The predicted molar refractivity (Wildman–Crippen MR) is 63.9 cm³/mol. The fraction of sp³-hybridized carbons (Fsp3) is 0.0909. The lowest BCUT2D eigenvalue weighted by molar-refractivity contribution is -0.385. The van der Waals surface area contributed by atoms with Crippen LogP contribution in [-0.2, 0) is 11.3 Å². The molecule has 2 aromatic rings. The zero-order chi connectivity index (χ0) is 13.8. The smallest absolute Gasteiger partial charge is 0.307 e. The third-order valence-electron chi connectivity index (χ3n) is 2.28. The molecule has 19 heavy (non-hydrogen) atoms. The van der Waals surface area contributed by atoms with Gasteiger partial charge in [0, 0.05) is 0 Å². The molecule has 0 radical (unpaired) electrons. The van der Waals surface area contributed by atoms with Crippen LogP contribution in [0.15, 0.2) is 36.7 Å². The molecule has 2 rings (SSSR count). The molecular formula is C11H9FN4O3. The normalized spacial score (nSPS) is 10.2. The van der Waals surface area contributed by atoms with Crippen LogP contribution in [0.25, 0.3) is 0 Å². The van der Waals surface area contributed by atoms with Crippen LogP contribution in [0.5, 0.6) is 0 Å². The zero-order valence-corrected chi connectivity index (χ0v) is 9.62. The number of amides is 1. The van der Waals surface area contributed by atoms with Crippen LogP contribution in [0.2, 0.25) is 0 Å². The van der Waals surface area contributed by atoms with E-state index in [1.54, 1.807) is 6.07 Å². The molecule has 0 aliphatic carbocycles. The number of hydrogen-bond acceptors (Lipinski definition) is 4. The fourth-order valence-corrected chi connectivity index (χ4v) is 1.43. The molecule has 0 spiro atoms. The number of nitrogens with one attached hydrogen (secondary N) is 1. The summed E-state index contributed by atoms with van der Waals surface area (Å²) in [6, 6.07) is 5.71. The van der Waals surface area contributed by atoms with Gasteiger partial charge in [0.1, 0.15) is 24.8 Å². The Bertz CT molecular complexity index is 626. The maximum absolute atomic E-state index is 13.3. The van der Waals surface area contributed by atoms with E-state index in [0.717, 1.165) is 17.1 Å². The quantitative estimate of drug-likeness (QED) is 0.670. The van der Waals surface area contributed by atoms with Gasteiger partial charge in [-0.05, 0) is 12.1 Å². The van der Waals surface area contributed by atoms with Crippen LogP contribution in [0.3, 0.4) is 0 Å². The molecule has 0 fully saturated rings. The molecule has 98 valence electrons. The Balaban J connectivity index is 2.01. The van der Waals surface area contributed by atoms with Gasteiger partial charge in [-0.15, -0.1) is 0 Å². The second-order valence-electron chi connectivity index (χ2n) is 3.68. The van der Waals surface area contributed by atoms with E-state index in [-0.39, 0.29) is 17.9 Å². The summed E-state index contributed by atoms with van der Waals surface area (Å²) in [5.41, 5.74) is -0.159. The van der Waals surface area contributed by atoms with Gasteiger partial charge < -0.3 is 5.32 Å². The summed E-state index contributed by atoms with van der Waals surface area (Å²) in [6.07, 6.45) is 2.16. The van der Waals surface area contributed by atoms with E-state index in [4.69, 9.17) is 0 Å². The van der Waals surface area contributed by atoms with Gasteiger partial charge in [-0.3, -0.25) is 19.6 Å². The van der Waals surface area contributed by atoms with E-state index in [1.165, 1.54) is 18.2 Å². The van der Waals surface area contributed by atoms with Gasteiger partial charge in [0.15, 0.2) is 0 Å².